The highest BCUT2D eigenvalue weighted by atomic mass is 31.2. The first-order valence-electron chi connectivity index (χ1n) is 7.86. The first-order valence-corrected chi connectivity index (χ1v) is 9.58. The van der Waals surface area contributed by atoms with E-state index in [4.69, 9.17) is 9.05 Å². The van der Waals surface area contributed by atoms with E-state index in [1.165, 1.54) is 25.7 Å². The Morgan fingerprint density at radius 1 is 0.842 bits per heavy atom. The number of hydrogen-bond acceptors (Lipinski definition) is 3. The molecular formula is C15H32O3P. The van der Waals surface area contributed by atoms with Gasteiger partial charge in [-0.3, -0.25) is 4.57 Å². The van der Waals surface area contributed by atoms with E-state index in [-0.39, 0.29) is 0 Å². The minimum absolute atomic E-state index is 0.439. The van der Waals surface area contributed by atoms with Crippen LogP contribution in [-0.2, 0) is 13.6 Å². The van der Waals surface area contributed by atoms with Crippen molar-refractivity contribution in [1.82, 2.24) is 0 Å². The van der Waals surface area contributed by atoms with Gasteiger partial charge in [0.05, 0.1) is 19.4 Å². The van der Waals surface area contributed by atoms with Crippen LogP contribution in [0.3, 0.4) is 0 Å². The van der Waals surface area contributed by atoms with Gasteiger partial charge in [-0.05, 0) is 19.3 Å². The molecule has 0 rings (SSSR count). The summed E-state index contributed by atoms with van der Waals surface area (Å²) in [5.41, 5.74) is 0. The van der Waals surface area contributed by atoms with Crippen LogP contribution in [0.2, 0.25) is 0 Å². The summed E-state index contributed by atoms with van der Waals surface area (Å²) < 4.78 is 23.4. The van der Waals surface area contributed by atoms with E-state index in [0.29, 0.717) is 25.8 Å². The van der Waals surface area contributed by atoms with Gasteiger partial charge in [0.2, 0.25) is 0 Å². The third-order valence-electron chi connectivity index (χ3n) is 3.00. The molecule has 1 radical (unpaired) electrons. The zero-order valence-electron chi connectivity index (χ0n) is 12.9. The molecule has 0 bridgehead atoms. The molecule has 3 nitrogen and oxygen atoms in total. The lowest BCUT2D eigenvalue weighted by molar-refractivity contribution is 0.198. The molecule has 0 aliphatic heterocycles. The molecule has 115 valence electrons. The van der Waals surface area contributed by atoms with Gasteiger partial charge in [0, 0.05) is 0 Å². The molecule has 0 fully saturated rings. The van der Waals surface area contributed by atoms with Crippen LogP contribution in [0.4, 0.5) is 0 Å². The number of hydrogen-bond donors (Lipinski definition) is 0. The summed E-state index contributed by atoms with van der Waals surface area (Å²) in [6.45, 7) is 9.20. The standard InChI is InChI=1S/C15H32O3P/c1-4-7-9-11-13-17-19(16,15-6-3)18-14-12-10-8-5-2/h3-15H2,1-2H3. The predicted octanol–water partition coefficient (Wildman–Crippen LogP) is 5.60. The van der Waals surface area contributed by atoms with E-state index in [9.17, 15) is 4.57 Å². The molecule has 0 aliphatic carbocycles. The maximum atomic E-state index is 12.4. The summed E-state index contributed by atoms with van der Waals surface area (Å²) >= 11 is 0. The minimum atomic E-state index is -2.88. The first kappa shape index (κ1) is 19.1. The maximum absolute atomic E-state index is 12.4. The fraction of sp³-hybridized carbons (Fsp3) is 0.933. The molecule has 0 spiro atoms. The van der Waals surface area contributed by atoms with Gasteiger partial charge in [-0.2, -0.15) is 0 Å². The Balaban J connectivity index is 3.80. The molecule has 0 atom stereocenters. The monoisotopic (exact) mass is 291 g/mol. The van der Waals surface area contributed by atoms with Crippen molar-refractivity contribution in [2.24, 2.45) is 0 Å². The van der Waals surface area contributed by atoms with Gasteiger partial charge >= 0.3 is 7.60 Å². The second-order valence-corrected chi connectivity index (χ2v) is 7.16. The van der Waals surface area contributed by atoms with Crippen LogP contribution in [0.5, 0.6) is 0 Å². The second-order valence-electron chi connectivity index (χ2n) is 4.98. The Bertz CT molecular complexity index is 213. The fourth-order valence-corrected chi connectivity index (χ4v) is 3.36. The van der Waals surface area contributed by atoms with Gasteiger partial charge in [-0.25, -0.2) is 0 Å². The lowest BCUT2D eigenvalue weighted by Crippen LogP contribution is -2.03. The van der Waals surface area contributed by atoms with Gasteiger partial charge in [0.1, 0.15) is 0 Å². The minimum Gasteiger partial charge on any atom is -0.309 e. The van der Waals surface area contributed by atoms with Gasteiger partial charge in [0.15, 0.2) is 0 Å². The Morgan fingerprint density at radius 2 is 1.32 bits per heavy atom. The lowest BCUT2D eigenvalue weighted by atomic mass is 10.2. The zero-order chi connectivity index (χ0) is 14.4. The smallest absolute Gasteiger partial charge is 0.309 e. The van der Waals surface area contributed by atoms with Crippen LogP contribution >= 0.6 is 7.60 Å². The van der Waals surface area contributed by atoms with Crippen molar-refractivity contribution in [2.75, 3.05) is 19.4 Å². The van der Waals surface area contributed by atoms with Crippen molar-refractivity contribution in [3.8, 4) is 0 Å². The fourth-order valence-electron chi connectivity index (χ4n) is 1.82. The van der Waals surface area contributed by atoms with Crippen molar-refractivity contribution < 1.29 is 13.6 Å². The van der Waals surface area contributed by atoms with Crippen molar-refractivity contribution >= 4 is 7.60 Å². The summed E-state index contributed by atoms with van der Waals surface area (Å²) in [7, 11) is -2.88. The molecular weight excluding hydrogens is 259 g/mol. The highest BCUT2D eigenvalue weighted by Gasteiger charge is 2.22. The second kappa shape index (κ2) is 13.1. The molecule has 0 aromatic rings. The SMILES string of the molecule is [CH2]CCP(=O)(OCCCCCC)OCCCCCC. The quantitative estimate of drug-likeness (QED) is 0.309. The summed E-state index contributed by atoms with van der Waals surface area (Å²) in [4.78, 5) is 0. The average molecular weight is 291 g/mol. The Hall–Kier alpha value is 0.150. The van der Waals surface area contributed by atoms with E-state index in [2.05, 4.69) is 20.8 Å². The number of unbranched alkanes of at least 4 members (excludes halogenated alkanes) is 6. The molecule has 0 heterocycles. The molecule has 0 saturated carbocycles. The predicted molar refractivity (Wildman–Crippen MR) is 82.6 cm³/mol. The van der Waals surface area contributed by atoms with Crippen LogP contribution in [-0.4, -0.2) is 19.4 Å². The van der Waals surface area contributed by atoms with Crippen LogP contribution in [0.25, 0.3) is 0 Å². The lowest BCUT2D eigenvalue weighted by Gasteiger charge is -2.18. The molecule has 0 amide bonds. The molecule has 19 heavy (non-hydrogen) atoms. The molecule has 0 aromatic heterocycles. The van der Waals surface area contributed by atoms with Crippen LogP contribution in [0.1, 0.15) is 71.6 Å². The van der Waals surface area contributed by atoms with E-state index < -0.39 is 7.60 Å². The molecule has 4 heteroatoms. The summed E-state index contributed by atoms with van der Waals surface area (Å²) in [6, 6.07) is 0. The average Bonchev–Trinajstić information content (AvgIpc) is 2.39. The van der Waals surface area contributed by atoms with Gasteiger partial charge in [-0.15, -0.1) is 0 Å². The third kappa shape index (κ3) is 11.7. The third-order valence-corrected chi connectivity index (χ3v) is 5.02. The highest BCUT2D eigenvalue weighted by Crippen LogP contribution is 2.48. The van der Waals surface area contributed by atoms with Crippen LogP contribution < -0.4 is 0 Å². The summed E-state index contributed by atoms with van der Waals surface area (Å²) in [6.07, 6.45) is 10.1. The summed E-state index contributed by atoms with van der Waals surface area (Å²) in [5.74, 6) is 0. The van der Waals surface area contributed by atoms with Gasteiger partial charge in [0.25, 0.3) is 0 Å². The van der Waals surface area contributed by atoms with Crippen LogP contribution in [0.15, 0.2) is 0 Å². The van der Waals surface area contributed by atoms with Crippen molar-refractivity contribution in [3.05, 3.63) is 6.92 Å². The van der Waals surface area contributed by atoms with Crippen LogP contribution in [0, 0.1) is 6.92 Å². The van der Waals surface area contributed by atoms with E-state index >= 15 is 0 Å². The maximum Gasteiger partial charge on any atom is 0.330 e. The first-order chi connectivity index (χ1) is 9.18. The number of rotatable bonds is 14. The van der Waals surface area contributed by atoms with E-state index in [1.54, 1.807) is 0 Å². The van der Waals surface area contributed by atoms with Crippen molar-refractivity contribution in [2.45, 2.75) is 71.6 Å². The Labute approximate surface area is 120 Å². The molecule has 0 unspecified atom stereocenters. The Morgan fingerprint density at radius 3 is 1.68 bits per heavy atom. The molecule has 0 aliphatic rings. The summed E-state index contributed by atoms with van der Waals surface area (Å²) in [5, 5.41) is 0. The topological polar surface area (TPSA) is 35.5 Å². The zero-order valence-corrected chi connectivity index (χ0v) is 13.8. The largest absolute Gasteiger partial charge is 0.330 e. The van der Waals surface area contributed by atoms with Gasteiger partial charge < -0.3 is 9.05 Å². The Kier molecular flexibility index (Phi) is 13.3. The normalized spacial score (nSPS) is 11.9. The van der Waals surface area contributed by atoms with Crippen molar-refractivity contribution in [3.63, 3.8) is 0 Å². The van der Waals surface area contributed by atoms with E-state index in [1.807, 2.05) is 0 Å². The molecule has 0 N–H and O–H groups in total. The molecule has 0 aromatic carbocycles. The van der Waals surface area contributed by atoms with Crippen molar-refractivity contribution in [1.29, 1.82) is 0 Å². The van der Waals surface area contributed by atoms with E-state index in [0.717, 1.165) is 25.7 Å². The van der Waals surface area contributed by atoms with Gasteiger partial charge in [-0.1, -0.05) is 59.3 Å². The molecule has 0 saturated heterocycles. The highest BCUT2D eigenvalue weighted by molar-refractivity contribution is 7.53.